The van der Waals surface area contributed by atoms with Gasteiger partial charge in [-0.05, 0) is 186 Å². The molecule has 0 N–H and O–H groups in total. The molecule has 0 aromatic heterocycles. The number of fused-ring (bicyclic) bond motifs is 4. The molecule has 12 aromatic rings. The Labute approximate surface area is 447 Å². The monoisotopic (exact) mass is 972 g/mol. The van der Waals surface area contributed by atoms with Gasteiger partial charge in [-0.1, -0.05) is 214 Å². The first-order valence-electron chi connectivity index (χ1n) is 26.4. The summed E-state index contributed by atoms with van der Waals surface area (Å²) in [6.07, 6.45) is 0. The second-order valence-corrected chi connectivity index (χ2v) is 20.5. The highest BCUT2D eigenvalue weighted by Gasteiger charge is 2.37. The van der Waals surface area contributed by atoms with E-state index < -0.39 is 0 Å². The highest BCUT2D eigenvalue weighted by atomic mass is 15.1. The Morgan fingerprint density at radius 2 is 0.645 bits per heavy atom. The van der Waals surface area contributed by atoms with Crippen LogP contribution in [0.3, 0.4) is 0 Å². The molecule has 13 rings (SSSR count). The van der Waals surface area contributed by atoms with Crippen LogP contribution in [0.15, 0.2) is 285 Å². The van der Waals surface area contributed by atoms with Crippen LogP contribution in [0.4, 0.5) is 34.1 Å². The van der Waals surface area contributed by atoms with Crippen molar-refractivity contribution in [1.82, 2.24) is 0 Å². The molecule has 1 aliphatic rings. The van der Waals surface area contributed by atoms with E-state index in [0.29, 0.717) is 0 Å². The fourth-order valence-corrected chi connectivity index (χ4v) is 11.8. The molecule has 0 radical (unpaired) electrons. The van der Waals surface area contributed by atoms with Crippen LogP contribution in [-0.2, 0) is 5.41 Å². The van der Waals surface area contributed by atoms with E-state index >= 15 is 0 Å². The van der Waals surface area contributed by atoms with Gasteiger partial charge in [-0.2, -0.15) is 0 Å². The van der Waals surface area contributed by atoms with Gasteiger partial charge in [0.05, 0.1) is 0 Å². The lowest BCUT2D eigenvalue weighted by Crippen LogP contribution is -2.16. The van der Waals surface area contributed by atoms with Crippen LogP contribution in [0, 0.1) is 6.92 Å². The van der Waals surface area contributed by atoms with Crippen molar-refractivity contribution in [2.24, 2.45) is 0 Å². The maximum atomic E-state index is 2.44. The molecule has 0 saturated carbocycles. The van der Waals surface area contributed by atoms with E-state index in [9.17, 15) is 0 Å². The number of benzene rings is 12. The van der Waals surface area contributed by atoms with Crippen molar-refractivity contribution in [3.63, 3.8) is 0 Å². The lowest BCUT2D eigenvalue weighted by Gasteiger charge is -2.28. The van der Waals surface area contributed by atoms with Gasteiger partial charge >= 0.3 is 0 Å². The van der Waals surface area contributed by atoms with Gasteiger partial charge < -0.3 is 9.80 Å². The molecule has 0 spiro atoms. The minimum atomic E-state index is -0.149. The first-order valence-corrected chi connectivity index (χ1v) is 26.4. The van der Waals surface area contributed by atoms with Gasteiger partial charge in [0, 0.05) is 39.5 Å². The van der Waals surface area contributed by atoms with Gasteiger partial charge in [0.25, 0.3) is 0 Å². The van der Waals surface area contributed by atoms with Gasteiger partial charge in [-0.3, -0.25) is 0 Å². The summed E-state index contributed by atoms with van der Waals surface area (Å²) in [7, 11) is 0. The fraction of sp³-hybridized carbons (Fsp3) is 0.0541. The average molecular weight is 973 g/mol. The van der Waals surface area contributed by atoms with E-state index in [-0.39, 0.29) is 5.41 Å². The minimum Gasteiger partial charge on any atom is -0.311 e. The van der Waals surface area contributed by atoms with E-state index in [1.165, 1.54) is 83.1 Å². The Balaban J connectivity index is 0.935. The normalized spacial score (nSPS) is 12.2. The largest absolute Gasteiger partial charge is 0.311 e. The number of nitrogens with zero attached hydrogens (tertiary/aromatic N) is 2. The van der Waals surface area contributed by atoms with Gasteiger partial charge in [-0.25, -0.2) is 0 Å². The summed E-state index contributed by atoms with van der Waals surface area (Å²) in [6, 6.07) is 104. The van der Waals surface area contributed by atoms with Crippen LogP contribution in [0.2, 0.25) is 0 Å². The van der Waals surface area contributed by atoms with Gasteiger partial charge in [0.1, 0.15) is 0 Å². The lowest BCUT2D eigenvalue weighted by molar-refractivity contribution is 0.660. The summed E-state index contributed by atoms with van der Waals surface area (Å²) in [4.78, 5) is 4.75. The smallest absolute Gasteiger partial charge is 0.0465 e. The molecule has 0 atom stereocenters. The van der Waals surface area contributed by atoms with Crippen LogP contribution >= 0.6 is 0 Å². The molecule has 0 amide bonds. The molecule has 0 aliphatic heterocycles. The summed E-state index contributed by atoms with van der Waals surface area (Å²) in [5.74, 6) is 0. The van der Waals surface area contributed by atoms with E-state index in [2.05, 4.69) is 316 Å². The van der Waals surface area contributed by atoms with Gasteiger partial charge in [0.15, 0.2) is 0 Å². The van der Waals surface area contributed by atoms with Crippen molar-refractivity contribution in [1.29, 1.82) is 0 Å². The fourth-order valence-electron chi connectivity index (χ4n) is 11.8. The molecule has 2 heteroatoms. The summed E-state index contributed by atoms with van der Waals surface area (Å²) >= 11 is 0. The lowest BCUT2D eigenvalue weighted by atomic mass is 9.82. The first kappa shape index (κ1) is 46.3. The van der Waals surface area contributed by atoms with Crippen LogP contribution in [0.5, 0.6) is 0 Å². The Morgan fingerprint density at radius 1 is 0.263 bits per heavy atom. The maximum absolute atomic E-state index is 2.44. The molecular weight excluding hydrogens is 917 g/mol. The Kier molecular flexibility index (Phi) is 11.8. The van der Waals surface area contributed by atoms with E-state index in [4.69, 9.17) is 0 Å². The SMILES string of the molecule is Cc1cccc2c1-c1ccc(N(c3ccc(-c4cc(-c5ccccc5)c(-c5ccc(N(c6ccccc6)c6ccccc6)cc5)cc4-c4ccccc4)cc3)c3ccc(-c4cccc5ccccc45)cc3)cc1C2(C)C. The minimum absolute atomic E-state index is 0.149. The molecule has 0 fully saturated rings. The summed E-state index contributed by atoms with van der Waals surface area (Å²) in [5, 5.41) is 2.50. The van der Waals surface area contributed by atoms with Crippen LogP contribution in [-0.4, -0.2) is 0 Å². The number of para-hydroxylation sites is 2. The Hall–Kier alpha value is -9.50. The standard InChI is InChI=1S/C74H56N2/c1-51-20-18-33-71-73(51)66-47-46-63(48-72(66)74(71,2)3)76(61-40-34-55(35-41-61)65-32-19-26-52-25-16-17-31-64(52)65)62-44-38-57(39-45-62)70-50-67(53-21-8-4-9-22-53)69(49-68(70)54-23-10-5-11-24-54)56-36-42-60(43-37-56)75(58-27-12-6-13-28-58)59-29-14-7-15-30-59/h4-50H,1-3H3. The molecule has 1 aliphatic carbocycles. The van der Waals surface area contributed by atoms with E-state index in [1.807, 2.05) is 0 Å². The molecule has 362 valence electrons. The third kappa shape index (κ3) is 8.35. The predicted octanol–water partition coefficient (Wildman–Crippen LogP) is 20.7. The molecule has 76 heavy (non-hydrogen) atoms. The molecule has 2 nitrogen and oxygen atoms in total. The van der Waals surface area contributed by atoms with E-state index in [0.717, 1.165) is 45.3 Å². The zero-order chi connectivity index (χ0) is 51.2. The molecule has 0 unspecified atom stereocenters. The third-order valence-corrected chi connectivity index (χ3v) is 15.6. The van der Waals surface area contributed by atoms with Crippen molar-refractivity contribution < 1.29 is 0 Å². The Bertz CT molecular complexity index is 3990. The maximum Gasteiger partial charge on any atom is 0.0465 e. The number of hydrogen-bond donors (Lipinski definition) is 0. The van der Waals surface area contributed by atoms with E-state index in [1.54, 1.807) is 0 Å². The number of anilines is 6. The van der Waals surface area contributed by atoms with Crippen molar-refractivity contribution in [2.75, 3.05) is 9.80 Å². The highest BCUT2D eigenvalue weighted by Crippen LogP contribution is 2.52. The summed E-state index contributed by atoms with van der Waals surface area (Å²) < 4.78 is 0. The van der Waals surface area contributed by atoms with Gasteiger partial charge in [0.2, 0.25) is 0 Å². The molecule has 0 bridgehead atoms. The quantitative estimate of drug-likeness (QED) is 0.127. The summed E-state index contributed by atoms with van der Waals surface area (Å²) in [6.45, 7) is 6.99. The predicted molar refractivity (Wildman–Crippen MR) is 323 cm³/mol. The summed E-state index contributed by atoms with van der Waals surface area (Å²) in [5.41, 5.74) is 25.0. The molecule has 12 aromatic carbocycles. The van der Waals surface area contributed by atoms with Crippen LogP contribution in [0.1, 0.15) is 30.5 Å². The zero-order valence-corrected chi connectivity index (χ0v) is 43.0. The Morgan fingerprint density at radius 3 is 1.16 bits per heavy atom. The molecule has 0 saturated heterocycles. The topological polar surface area (TPSA) is 6.48 Å². The van der Waals surface area contributed by atoms with Gasteiger partial charge in [-0.15, -0.1) is 0 Å². The molecular formula is C74H56N2. The zero-order valence-electron chi connectivity index (χ0n) is 43.0. The number of hydrogen-bond acceptors (Lipinski definition) is 2. The molecule has 0 heterocycles. The first-order chi connectivity index (χ1) is 37.4. The van der Waals surface area contributed by atoms with Crippen LogP contribution < -0.4 is 9.80 Å². The van der Waals surface area contributed by atoms with Crippen molar-refractivity contribution >= 4 is 44.9 Å². The van der Waals surface area contributed by atoms with Crippen molar-refractivity contribution in [3.05, 3.63) is 302 Å². The average Bonchev–Trinajstić information content (AvgIpc) is 3.77. The number of aryl methyl sites for hydroxylation is 1. The second kappa shape index (κ2) is 19.4. The second-order valence-electron chi connectivity index (χ2n) is 20.5. The highest BCUT2D eigenvalue weighted by molar-refractivity contribution is 5.98. The third-order valence-electron chi connectivity index (χ3n) is 15.6. The number of rotatable bonds is 11. The van der Waals surface area contributed by atoms with Crippen molar-refractivity contribution in [2.45, 2.75) is 26.2 Å². The van der Waals surface area contributed by atoms with Crippen LogP contribution in [0.25, 0.3) is 77.5 Å². The van der Waals surface area contributed by atoms with Crippen molar-refractivity contribution in [3.8, 4) is 66.8 Å².